The summed E-state index contributed by atoms with van der Waals surface area (Å²) < 4.78 is 18.3. The molecule has 2 aliphatic rings. The highest BCUT2D eigenvalue weighted by Gasteiger charge is 2.51. The maximum absolute atomic E-state index is 10.9. The molecule has 13 heteroatoms. The van der Waals surface area contributed by atoms with Crippen LogP contribution in [-0.4, -0.2) is 54.4 Å². The highest BCUT2D eigenvalue weighted by atomic mass is 32.5. The number of ether oxygens (including phenoxy) is 1. The molecule has 0 aliphatic carbocycles. The average Bonchev–Trinajstić information content (AvgIpc) is 3.25. The molecule has 0 saturated carbocycles. The number of anilines is 1. The van der Waals surface area contributed by atoms with Crippen LogP contribution in [0, 0.1) is 0 Å². The Kier molecular flexibility index (Phi) is 5.28. The summed E-state index contributed by atoms with van der Waals surface area (Å²) in [6.45, 7) is -3.37. The summed E-state index contributed by atoms with van der Waals surface area (Å²) in [6, 6.07) is 9.92. The van der Waals surface area contributed by atoms with Gasteiger partial charge in [0.2, 0.25) is 0 Å². The first-order valence-corrected chi connectivity index (χ1v) is 12.6. The third-order valence-electron chi connectivity index (χ3n) is 4.90. The fourth-order valence-electron chi connectivity index (χ4n) is 3.51. The Hall–Kier alpha value is -1.63. The van der Waals surface area contributed by atoms with E-state index in [0.717, 1.165) is 5.56 Å². The quantitative estimate of drug-likeness (QED) is 0.381. The standard InChI is InChI=1S/C17H18N5O5PS2/c18-14-11-15(20-8-19-14)22(17(21-11)30-7-9-4-2-1-3-5-9)16-12(23)13-10(26-16)6-25-28(24,29)27-13/h1-5,8,10,12-13,16,23H,6-7H2,(H,24,29)(H2,18,19,20). The molecular weight excluding hydrogens is 449 g/mol. The maximum Gasteiger partial charge on any atom is 0.325 e. The number of thioether (sulfide) groups is 1. The molecule has 4 N–H and O–H groups in total. The lowest BCUT2D eigenvalue weighted by atomic mass is 10.1. The molecule has 0 amide bonds. The summed E-state index contributed by atoms with van der Waals surface area (Å²) in [6.07, 6.45) is -2.05. The molecule has 0 bridgehead atoms. The molecule has 0 radical (unpaired) electrons. The molecule has 1 aromatic carbocycles. The zero-order valence-corrected chi connectivity index (χ0v) is 18.0. The summed E-state index contributed by atoms with van der Waals surface area (Å²) in [5.74, 6) is 0.875. The minimum Gasteiger partial charge on any atom is -0.386 e. The molecule has 158 valence electrons. The highest BCUT2D eigenvalue weighted by Crippen LogP contribution is 2.53. The van der Waals surface area contributed by atoms with Crippen molar-refractivity contribution in [3.8, 4) is 0 Å². The second-order valence-corrected chi connectivity index (χ2v) is 10.6. The number of benzene rings is 1. The Labute approximate surface area is 180 Å². The summed E-state index contributed by atoms with van der Waals surface area (Å²) >= 11 is 6.38. The fourth-order valence-corrected chi connectivity index (χ4v) is 5.93. The first-order chi connectivity index (χ1) is 14.4. The summed E-state index contributed by atoms with van der Waals surface area (Å²) in [5.41, 5.74) is 7.97. The second-order valence-electron chi connectivity index (χ2n) is 6.86. The van der Waals surface area contributed by atoms with E-state index in [0.29, 0.717) is 22.1 Å². The van der Waals surface area contributed by atoms with Crippen molar-refractivity contribution in [2.45, 2.75) is 35.4 Å². The van der Waals surface area contributed by atoms with Crippen molar-refractivity contribution in [3.05, 3.63) is 42.2 Å². The third kappa shape index (κ3) is 3.63. The van der Waals surface area contributed by atoms with E-state index < -0.39 is 31.3 Å². The normalized spacial score (nSPS) is 31.1. The number of nitrogens with two attached hydrogens (primary N) is 1. The molecule has 5 rings (SSSR count). The van der Waals surface area contributed by atoms with Crippen LogP contribution in [-0.2, 0) is 31.3 Å². The molecule has 3 aromatic rings. The summed E-state index contributed by atoms with van der Waals surface area (Å²) in [5, 5.41) is 11.5. The molecule has 2 aromatic heterocycles. The van der Waals surface area contributed by atoms with Crippen molar-refractivity contribution in [1.29, 1.82) is 0 Å². The van der Waals surface area contributed by atoms with E-state index in [1.807, 2.05) is 30.3 Å². The SMILES string of the molecule is Nc1ncnc2c1nc(SCc1ccccc1)n2C1OC2COP(O)(=S)OC2C1O. The van der Waals surface area contributed by atoms with Gasteiger partial charge in [0.25, 0.3) is 0 Å². The molecule has 5 atom stereocenters. The number of rotatable bonds is 4. The van der Waals surface area contributed by atoms with E-state index in [1.165, 1.54) is 18.1 Å². The largest absolute Gasteiger partial charge is 0.386 e. The zero-order chi connectivity index (χ0) is 20.9. The van der Waals surface area contributed by atoms with Gasteiger partial charge in [-0.15, -0.1) is 0 Å². The van der Waals surface area contributed by atoms with Crippen LogP contribution in [0.15, 0.2) is 41.8 Å². The first kappa shape index (κ1) is 20.3. The first-order valence-electron chi connectivity index (χ1n) is 9.07. The van der Waals surface area contributed by atoms with Gasteiger partial charge in [0.05, 0.1) is 6.61 Å². The lowest BCUT2D eigenvalue weighted by Crippen LogP contribution is -2.39. The smallest absolute Gasteiger partial charge is 0.325 e. The lowest BCUT2D eigenvalue weighted by molar-refractivity contribution is -0.0619. The number of aliphatic hydroxyl groups is 1. The number of imidazole rings is 1. The average molecular weight is 467 g/mol. The van der Waals surface area contributed by atoms with Crippen LogP contribution in [0.4, 0.5) is 5.82 Å². The van der Waals surface area contributed by atoms with E-state index in [2.05, 4.69) is 15.0 Å². The van der Waals surface area contributed by atoms with Crippen molar-refractivity contribution in [3.63, 3.8) is 0 Å². The molecule has 4 heterocycles. The molecule has 5 unspecified atom stereocenters. The van der Waals surface area contributed by atoms with E-state index >= 15 is 0 Å². The van der Waals surface area contributed by atoms with Crippen LogP contribution in [0.1, 0.15) is 11.8 Å². The number of hydrogen-bond donors (Lipinski definition) is 3. The molecule has 2 fully saturated rings. The van der Waals surface area contributed by atoms with Crippen LogP contribution < -0.4 is 5.73 Å². The van der Waals surface area contributed by atoms with Gasteiger partial charge < -0.3 is 25.0 Å². The topological polar surface area (TPSA) is 138 Å². The highest BCUT2D eigenvalue weighted by molar-refractivity contribution is 8.07. The van der Waals surface area contributed by atoms with Gasteiger partial charge in [-0.2, -0.15) is 0 Å². The number of fused-ring (bicyclic) bond motifs is 2. The van der Waals surface area contributed by atoms with Gasteiger partial charge in [-0.1, -0.05) is 42.1 Å². The molecule has 2 saturated heterocycles. The number of aliphatic hydroxyl groups excluding tert-OH is 1. The third-order valence-corrected chi connectivity index (χ3v) is 7.49. The van der Waals surface area contributed by atoms with E-state index in [1.54, 1.807) is 4.57 Å². The van der Waals surface area contributed by atoms with E-state index in [9.17, 15) is 10.00 Å². The van der Waals surface area contributed by atoms with Crippen molar-refractivity contribution in [2.24, 2.45) is 0 Å². The van der Waals surface area contributed by atoms with Crippen LogP contribution in [0.5, 0.6) is 0 Å². The molecule has 2 aliphatic heterocycles. The van der Waals surface area contributed by atoms with Gasteiger partial charge in [-0.05, 0) is 17.4 Å². The Morgan fingerprint density at radius 3 is 2.90 bits per heavy atom. The van der Waals surface area contributed by atoms with Gasteiger partial charge in [0.15, 0.2) is 28.4 Å². The van der Waals surface area contributed by atoms with Crippen LogP contribution in [0.3, 0.4) is 0 Å². The lowest BCUT2D eigenvalue weighted by Gasteiger charge is -2.30. The second kappa shape index (κ2) is 7.81. The van der Waals surface area contributed by atoms with Crippen molar-refractivity contribution < 1.29 is 23.8 Å². The van der Waals surface area contributed by atoms with E-state index in [-0.39, 0.29) is 12.4 Å². The Bertz CT molecular complexity index is 1130. The number of aromatic nitrogens is 4. The predicted octanol–water partition coefficient (Wildman–Crippen LogP) is 1.59. The van der Waals surface area contributed by atoms with Gasteiger partial charge in [-0.3, -0.25) is 9.09 Å². The van der Waals surface area contributed by atoms with Gasteiger partial charge in [-0.25, -0.2) is 15.0 Å². The number of hydrogen-bond acceptors (Lipinski definition) is 10. The van der Waals surface area contributed by atoms with Crippen molar-refractivity contribution in [1.82, 2.24) is 19.5 Å². The van der Waals surface area contributed by atoms with Crippen molar-refractivity contribution >= 4 is 47.3 Å². The Morgan fingerprint density at radius 2 is 2.10 bits per heavy atom. The van der Waals surface area contributed by atoms with E-state index in [4.69, 9.17) is 31.3 Å². The van der Waals surface area contributed by atoms with Crippen molar-refractivity contribution in [2.75, 3.05) is 12.3 Å². The minimum absolute atomic E-state index is 0.0300. The monoisotopic (exact) mass is 467 g/mol. The molecule has 30 heavy (non-hydrogen) atoms. The number of nitrogen functional groups attached to an aromatic ring is 1. The molecule has 10 nitrogen and oxygen atoms in total. The molecule has 0 spiro atoms. The molecular formula is C17H18N5O5PS2. The maximum atomic E-state index is 10.9. The minimum atomic E-state index is -3.40. The zero-order valence-electron chi connectivity index (χ0n) is 15.4. The van der Waals surface area contributed by atoms with Gasteiger partial charge >= 0.3 is 6.72 Å². The summed E-state index contributed by atoms with van der Waals surface area (Å²) in [7, 11) is 0. The van der Waals surface area contributed by atoms with Crippen LogP contribution in [0.2, 0.25) is 0 Å². The fraction of sp³-hybridized carbons (Fsp3) is 0.353. The number of nitrogens with zero attached hydrogens (tertiary/aromatic N) is 4. The Balaban J connectivity index is 1.53. The predicted molar refractivity (Wildman–Crippen MR) is 113 cm³/mol. The van der Waals surface area contributed by atoms with Gasteiger partial charge in [0, 0.05) is 5.75 Å². The van der Waals surface area contributed by atoms with Crippen LogP contribution >= 0.6 is 18.5 Å². The summed E-state index contributed by atoms with van der Waals surface area (Å²) in [4.78, 5) is 22.9. The van der Waals surface area contributed by atoms with Gasteiger partial charge in [0.1, 0.15) is 24.6 Å². The Morgan fingerprint density at radius 1 is 1.30 bits per heavy atom. The van der Waals surface area contributed by atoms with Crippen LogP contribution in [0.25, 0.3) is 11.2 Å².